The Bertz CT molecular complexity index is 836. The van der Waals surface area contributed by atoms with E-state index < -0.39 is 0 Å². The highest BCUT2D eigenvalue weighted by Gasteiger charge is 2.07. The number of aryl methyl sites for hydroxylation is 2. The molecule has 0 fully saturated rings. The van der Waals surface area contributed by atoms with Crippen molar-refractivity contribution in [3.05, 3.63) is 46.5 Å². The van der Waals surface area contributed by atoms with E-state index in [1.54, 1.807) is 0 Å². The normalized spacial score (nSPS) is 10.5. The average Bonchev–Trinajstić information content (AvgIpc) is 3.16. The monoisotopic (exact) mass is 432 g/mol. The first-order valence-electron chi connectivity index (χ1n) is 9.94. The Labute approximate surface area is 180 Å². The number of hydrogen-bond acceptors (Lipinski definition) is 6. The number of nitrogens with zero attached hydrogens (tertiary/aromatic N) is 1. The lowest BCUT2D eigenvalue weighted by Crippen LogP contribution is -2.42. The molecule has 0 bridgehead atoms. The summed E-state index contributed by atoms with van der Waals surface area (Å²) in [5.41, 5.74) is 7.75. The van der Waals surface area contributed by atoms with Crippen molar-refractivity contribution in [3.63, 3.8) is 0 Å². The average molecular weight is 433 g/mol. The van der Waals surface area contributed by atoms with E-state index in [0.29, 0.717) is 24.4 Å². The second kappa shape index (κ2) is 12.7. The molecule has 2 aromatic rings. The minimum absolute atomic E-state index is 0.127. The first kappa shape index (κ1) is 23.5. The highest BCUT2D eigenvalue weighted by molar-refractivity contribution is 7.13. The Kier molecular flexibility index (Phi) is 9.96. The fourth-order valence-electron chi connectivity index (χ4n) is 2.73. The molecule has 0 radical (unpaired) electrons. The number of rotatable bonds is 11. The minimum Gasteiger partial charge on any atom is -0.396 e. The fraction of sp³-hybridized carbons (Fsp3) is 0.429. The van der Waals surface area contributed by atoms with Crippen molar-refractivity contribution in [1.29, 1.82) is 0 Å². The molecule has 0 atom stereocenters. The van der Waals surface area contributed by atoms with Crippen molar-refractivity contribution in [2.24, 2.45) is 0 Å². The number of hydrogen-bond donors (Lipinski definition) is 4. The highest BCUT2D eigenvalue weighted by atomic mass is 32.1. The zero-order valence-corrected chi connectivity index (χ0v) is 17.9. The van der Waals surface area contributed by atoms with Gasteiger partial charge in [0.05, 0.1) is 12.1 Å². The number of carbonyl (C=O) groups is 3. The molecular formula is C21H28N4O4S. The second-order valence-corrected chi connectivity index (χ2v) is 7.81. The summed E-state index contributed by atoms with van der Waals surface area (Å²) in [7, 11) is 0. The maximum atomic E-state index is 12.0. The van der Waals surface area contributed by atoms with E-state index >= 15 is 0 Å². The van der Waals surface area contributed by atoms with Crippen LogP contribution in [-0.2, 0) is 33.6 Å². The number of aliphatic hydroxyl groups is 1. The maximum Gasteiger partial charge on any atom is 0.242 e. The summed E-state index contributed by atoms with van der Waals surface area (Å²) in [6.45, 7) is 1.58. The van der Waals surface area contributed by atoms with Crippen LogP contribution < -0.4 is 16.2 Å². The predicted octanol–water partition coefficient (Wildman–Crippen LogP) is 2.13. The Balaban J connectivity index is 1.69. The van der Waals surface area contributed by atoms with E-state index in [2.05, 4.69) is 21.2 Å². The summed E-state index contributed by atoms with van der Waals surface area (Å²) in [5, 5.41) is 13.9. The van der Waals surface area contributed by atoms with E-state index in [1.807, 2.05) is 29.6 Å². The van der Waals surface area contributed by atoms with Crippen LogP contribution in [0.3, 0.4) is 0 Å². The Morgan fingerprint density at radius 1 is 0.967 bits per heavy atom. The van der Waals surface area contributed by atoms with Crippen LogP contribution in [0.25, 0.3) is 0 Å². The van der Waals surface area contributed by atoms with Crippen molar-refractivity contribution in [3.8, 4) is 0 Å². The first-order chi connectivity index (χ1) is 14.5. The second-order valence-electron chi connectivity index (χ2n) is 6.95. The molecule has 0 saturated carbocycles. The van der Waals surface area contributed by atoms with Gasteiger partial charge in [-0.05, 0) is 36.8 Å². The molecule has 0 aliphatic heterocycles. The molecule has 162 valence electrons. The van der Waals surface area contributed by atoms with E-state index in [1.165, 1.54) is 18.3 Å². The van der Waals surface area contributed by atoms with Gasteiger partial charge in [0.2, 0.25) is 17.7 Å². The molecule has 1 heterocycles. The van der Waals surface area contributed by atoms with Crippen LogP contribution in [0.15, 0.2) is 29.6 Å². The Hall–Kier alpha value is -2.78. The molecule has 1 aromatic carbocycles. The third kappa shape index (κ3) is 9.15. The van der Waals surface area contributed by atoms with Crippen LogP contribution in [0.2, 0.25) is 0 Å². The molecular weight excluding hydrogens is 404 g/mol. The summed E-state index contributed by atoms with van der Waals surface area (Å²) in [4.78, 5) is 39.0. The number of aliphatic hydroxyl groups excluding tert-OH is 1. The van der Waals surface area contributed by atoms with Gasteiger partial charge in [-0.3, -0.25) is 25.2 Å². The molecule has 0 aliphatic carbocycles. The van der Waals surface area contributed by atoms with Crippen molar-refractivity contribution in [2.45, 2.75) is 51.9 Å². The lowest BCUT2D eigenvalue weighted by molar-refractivity contribution is -0.128. The van der Waals surface area contributed by atoms with Crippen LogP contribution in [-0.4, -0.2) is 34.4 Å². The lowest BCUT2D eigenvalue weighted by Gasteiger charge is -2.08. The zero-order valence-electron chi connectivity index (χ0n) is 17.1. The first-order valence-corrected chi connectivity index (χ1v) is 10.8. The number of thiazole rings is 1. The van der Waals surface area contributed by atoms with Crippen LogP contribution >= 0.6 is 11.3 Å². The quantitative estimate of drug-likeness (QED) is 0.320. The number of hydrazine groups is 1. The lowest BCUT2D eigenvalue weighted by atomic mass is 10.0. The topological polar surface area (TPSA) is 120 Å². The zero-order chi connectivity index (χ0) is 21.8. The van der Waals surface area contributed by atoms with Gasteiger partial charge in [-0.1, -0.05) is 30.7 Å². The molecule has 0 unspecified atom stereocenters. The van der Waals surface area contributed by atoms with Gasteiger partial charge in [-0.15, -0.1) is 11.3 Å². The van der Waals surface area contributed by atoms with Crippen molar-refractivity contribution in [1.82, 2.24) is 15.8 Å². The fourth-order valence-corrected chi connectivity index (χ4v) is 3.52. The van der Waals surface area contributed by atoms with Crippen LogP contribution in [0.5, 0.6) is 0 Å². The van der Waals surface area contributed by atoms with E-state index in [-0.39, 0.29) is 30.7 Å². The maximum absolute atomic E-state index is 12.0. The number of unbranched alkanes of at least 4 members (excludes halogenated alkanes) is 2. The number of nitrogens with one attached hydrogen (secondary N) is 3. The SMILES string of the molecule is CC(=O)Nc1nc(CCc2ccc(CC(=O)NNC(=O)CCCCCO)cc2)cs1. The summed E-state index contributed by atoms with van der Waals surface area (Å²) in [6.07, 6.45) is 4.21. The molecule has 9 heteroatoms. The van der Waals surface area contributed by atoms with E-state index in [0.717, 1.165) is 36.1 Å². The number of amides is 3. The molecule has 1 aromatic heterocycles. The standard InChI is InChI=1S/C21H28N4O4S/c1-15(27)22-21-23-18(14-30-21)11-10-16-6-8-17(9-7-16)13-20(29)25-24-19(28)5-3-2-4-12-26/h6-9,14,26H,2-5,10-13H2,1H3,(H,24,28)(H,25,29)(H,22,23,27). The van der Waals surface area contributed by atoms with Gasteiger partial charge in [0.15, 0.2) is 5.13 Å². The third-order valence-electron chi connectivity index (χ3n) is 4.30. The van der Waals surface area contributed by atoms with Crippen LogP contribution in [0.1, 0.15) is 49.4 Å². The van der Waals surface area contributed by atoms with Crippen molar-refractivity contribution in [2.75, 3.05) is 11.9 Å². The smallest absolute Gasteiger partial charge is 0.242 e. The predicted molar refractivity (Wildman–Crippen MR) is 116 cm³/mol. The molecule has 8 nitrogen and oxygen atoms in total. The summed E-state index contributed by atoms with van der Waals surface area (Å²) < 4.78 is 0. The summed E-state index contributed by atoms with van der Waals surface area (Å²) in [5.74, 6) is -0.645. The van der Waals surface area contributed by atoms with Crippen LogP contribution in [0.4, 0.5) is 5.13 Å². The third-order valence-corrected chi connectivity index (χ3v) is 5.10. The van der Waals surface area contributed by atoms with Gasteiger partial charge in [0.25, 0.3) is 0 Å². The van der Waals surface area contributed by atoms with Gasteiger partial charge >= 0.3 is 0 Å². The molecule has 0 spiro atoms. The summed E-state index contributed by atoms with van der Waals surface area (Å²) in [6, 6.07) is 7.75. The van der Waals surface area contributed by atoms with Gasteiger partial charge in [0, 0.05) is 25.3 Å². The molecule has 2 rings (SSSR count). The minimum atomic E-state index is -0.278. The highest BCUT2D eigenvalue weighted by Crippen LogP contribution is 2.17. The number of benzene rings is 1. The van der Waals surface area contributed by atoms with Gasteiger partial charge in [-0.25, -0.2) is 4.98 Å². The van der Waals surface area contributed by atoms with E-state index in [4.69, 9.17) is 5.11 Å². The molecule has 4 N–H and O–H groups in total. The van der Waals surface area contributed by atoms with Gasteiger partial charge in [-0.2, -0.15) is 0 Å². The number of carbonyl (C=O) groups excluding carboxylic acids is 3. The largest absolute Gasteiger partial charge is 0.396 e. The Morgan fingerprint density at radius 3 is 2.37 bits per heavy atom. The van der Waals surface area contributed by atoms with Gasteiger partial charge < -0.3 is 10.4 Å². The molecule has 0 aliphatic rings. The van der Waals surface area contributed by atoms with Gasteiger partial charge in [0.1, 0.15) is 0 Å². The summed E-state index contributed by atoms with van der Waals surface area (Å²) >= 11 is 1.41. The number of anilines is 1. The Morgan fingerprint density at radius 2 is 1.67 bits per heavy atom. The van der Waals surface area contributed by atoms with Crippen molar-refractivity contribution < 1.29 is 19.5 Å². The molecule has 30 heavy (non-hydrogen) atoms. The van der Waals surface area contributed by atoms with Crippen molar-refractivity contribution >= 4 is 34.2 Å². The van der Waals surface area contributed by atoms with E-state index in [9.17, 15) is 14.4 Å². The van der Waals surface area contributed by atoms with Crippen LogP contribution in [0, 0.1) is 0 Å². The number of aromatic nitrogens is 1. The molecule has 3 amide bonds. The molecule has 0 saturated heterocycles.